The van der Waals surface area contributed by atoms with E-state index in [0.717, 1.165) is 18.3 Å². The molecule has 1 aliphatic carbocycles. The lowest BCUT2D eigenvalue weighted by Gasteiger charge is -2.22. The number of rotatable bonds is 2. The molecule has 0 aromatic rings. The quantitative estimate of drug-likeness (QED) is 0.616. The minimum atomic E-state index is 0.337. The van der Waals surface area contributed by atoms with E-state index in [1.54, 1.807) is 0 Å². The van der Waals surface area contributed by atoms with Crippen LogP contribution in [-0.2, 0) is 0 Å². The second kappa shape index (κ2) is 3.94. The molecule has 1 nitrogen and oxygen atoms in total. The van der Waals surface area contributed by atoms with Crippen molar-refractivity contribution in [2.75, 3.05) is 0 Å². The highest BCUT2D eigenvalue weighted by atomic mass is 14.4. The van der Waals surface area contributed by atoms with Gasteiger partial charge in [-0.25, -0.2) is 0 Å². The van der Waals surface area contributed by atoms with Crippen LogP contribution in [0.3, 0.4) is 0 Å². The molecular formula is C11H19N. The van der Waals surface area contributed by atoms with Crippen LogP contribution in [0.1, 0.15) is 40.0 Å². The van der Waals surface area contributed by atoms with Crippen LogP contribution in [0.15, 0.2) is 0 Å². The van der Waals surface area contributed by atoms with E-state index in [1.807, 2.05) is 0 Å². The first-order chi connectivity index (χ1) is 5.70. The summed E-state index contributed by atoms with van der Waals surface area (Å²) in [6.45, 7) is 6.82. The number of hydrogen-bond donors (Lipinski definition) is 0. The lowest BCUT2D eigenvalue weighted by atomic mass is 9.82. The van der Waals surface area contributed by atoms with Gasteiger partial charge in [0.25, 0.3) is 0 Å². The highest BCUT2D eigenvalue weighted by Gasteiger charge is 2.34. The number of hydrogen-bond acceptors (Lipinski definition) is 1. The Bertz CT molecular complexity index is 180. The molecular weight excluding hydrogens is 146 g/mol. The number of nitrogens with zero attached hydrogens (tertiary/aromatic N) is 1. The normalized spacial score (nSPS) is 37.7. The molecule has 0 aromatic heterocycles. The molecule has 68 valence electrons. The average molecular weight is 165 g/mol. The predicted octanol–water partition coefficient (Wildman–Crippen LogP) is 3.22. The SMILES string of the molecule is CCC(C)C1CCC(C#N)C1C. The maximum atomic E-state index is 8.86. The minimum Gasteiger partial charge on any atom is -0.198 e. The summed E-state index contributed by atoms with van der Waals surface area (Å²) in [6, 6.07) is 2.42. The lowest BCUT2D eigenvalue weighted by molar-refractivity contribution is 0.272. The van der Waals surface area contributed by atoms with Gasteiger partial charge in [0.05, 0.1) is 6.07 Å². The Labute approximate surface area is 75.8 Å². The fourth-order valence-corrected chi connectivity index (χ4v) is 2.48. The lowest BCUT2D eigenvalue weighted by Crippen LogP contribution is -2.16. The van der Waals surface area contributed by atoms with E-state index in [0.29, 0.717) is 11.8 Å². The van der Waals surface area contributed by atoms with Crippen LogP contribution in [0, 0.1) is 35.0 Å². The Morgan fingerprint density at radius 1 is 1.50 bits per heavy atom. The van der Waals surface area contributed by atoms with Gasteiger partial charge in [-0.3, -0.25) is 0 Å². The maximum Gasteiger partial charge on any atom is 0.0658 e. The summed E-state index contributed by atoms with van der Waals surface area (Å²) < 4.78 is 0. The molecule has 0 N–H and O–H groups in total. The van der Waals surface area contributed by atoms with Crippen LogP contribution >= 0.6 is 0 Å². The Hall–Kier alpha value is -0.510. The van der Waals surface area contributed by atoms with Gasteiger partial charge in [0.2, 0.25) is 0 Å². The van der Waals surface area contributed by atoms with Crippen LogP contribution < -0.4 is 0 Å². The first-order valence-corrected chi connectivity index (χ1v) is 5.10. The summed E-state index contributed by atoms with van der Waals surface area (Å²) >= 11 is 0. The number of nitriles is 1. The van der Waals surface area contributed by atoms with E-state index in [2.05, 4.69) is 26.8 Å². The molecule has 0 heterocycles. The van der Waals surface area contributed by atoms with Gasteiger partial charge in [-0.2, -0.15) is 5.26 Å². The fraction of sp³-hybridized carbons (Fsp3) is 0.909. The third kappa shape index (κ3) is 1.63. The zero-order valence-electron chi connectivity index (χ0n) is 8.38. The largest absolute Gasteiger partial charge is 0.198 e. The summed E-state index contributed by atoms with van der Waals surface area (Å²) in [7, 11) is 0. The third-order valence-electron chi connectivity index (χ3n) is 3.66. The zero-order chi connectivity index (χ0) is 9.14. The van der Waals surface area contributed by atoms with Crippen LogP contribution in [-0.4, -0.2) is 0 Å². The van der Waals surface area contributed by atoms with Gasteiger partial charge in [0.15, 0.2) is 0 Å². The Kier molecular flexibility index (Phi) is 3.14. The second-order valence-corrected chi connectivity index (χ2v) is 4.22. The van der Waals surface area contributed by atoms with Gasteiger partial charge in [-0.15, -0.1) is 0 Å². The van der Waals surface area contributed by atoms with Crippen molar-refractivity contribution in [3.63, 3.8) is 0 Å². The van der Waals surface area contributed by atoms with Gasteiger partial charge in [0, 0.05) is 5.92 Å². The summed E-state index contributed by atoms with van der Waals surface area (Å²) in [6.07, 6.45) is 3.66. The highest BCUT2D eigenvalue weighted by molar-refractivity contribution is 4.95. The van der Waals surface area contributed by atoms with Crippen molar-refractivity contribution < 1.29 is 0 Å². The van der Waals surface area contributed by atoms with E-state index < -0.39 is 0 Å². The van der Waals surface area contributed by atoms with Crippen LogP contribution in [0.4, 0.5) is 0 Å². The zero-order valence-corrected chi connectivity index (χ0v) is 8.38. The van der Waals surface area contributed by atoms with Crippen molar-refractivity contribution in [2.24, 2.45) is 23.7 Å². The molecule has 0 aliphatic heterocycles. The Balaban J connectivity index is 2.55. The molecule has 1 aliphatic rings. The first kappa shape index (κ1) is 9.58. The summed E-state index contributed by atoms with van der Waals surface area (Å²) in [4.78, 5) is 0. The van der Waals surface area contributed by atoms with Gasteiger partial charge in [-0.05, 0) is 30.6 Å². The monoisotopic (exact) mass is 165 g/mol. The van der Waals surface area contributed by atoms with Gasteiger partial charge >= 0.3 is 0 Å². The van der Waals surface area contributed by atoms with Crippen LogP contribution in [0.25, 0.3) is 0 Å². The molecule has 1 heteroatoms. The highest BCUT2D eigenvalue weighted by Crippen LogP contribution is 2.41. The van der Waals surface area contributed by atoms with Crippen molar-refractivity contribution in [3.8, 4) is 6.07 Å². The first-order valence-electron chi connectivity index (χ1n) is 5.10. The average Bonchev–Trinajstić information content (AvgIpc) is 2.45. The Morgan fingerprint density at radius 2 is 2.17 bits per heavy atom. The molecule has 1 rings (SSSR count). The molecule has 0 aromatic carbocycles. The van der Waals surface area contributed by atoms with Crippen molar-refractivity contribution in [1.82, 2.24) is 0 Å². The predicted molar refractivity (Wildman–Crippen MR) is 50.4 cm³/mol. The molecule has 0 amide bonds. The molecule has 4 unspecified atom stereocenters. The smallest absolute Gasteiger partial charge is 0.0658 e. The molecule has 12 heavy (non-hydrogen) atoms. The summed E-state index contributed by atoms with van der Waals surface area (Å²) in [5.74, 6) is 2.58. The van der Waals surface area contributed by atoms with Gasteiger partial charge in [-0.1, -0.05) is 27.2 Å². The minimum absolute atomic E-state index is 0.337. The molecule has 1 saturated carbocycles. The second-order valence-electron chi connectivity index (χ2n) is 4.22. The molecule has 0 bridgehead atoms. The van der Waals surface area contributed by atoms with E-state index in [1.165, 1.54) is 12.8 Å². The Morgan fingerprint density at radius 3 is 2.58 bits per heavy atom. The van der Waals surface area contributed by atoms with Gasteiger partial charge in [0.1, 0.15) is 0 Å². The maximum absolute atomic E-state index is 8.86. The van der Waals surface area contributed by atoms with Crippen molar-refractivity contribution in [1.29, 1.82) is 5.26 Å². The molecule has 0 saturated heterocycles. The molecule has 1 fully saturated rings. The molecule has 0 radical (unpaired) electrons. The van der Waals surface area contributed by atoms with Crippen molar-refractivity contribution in [2.45, 2.75) is 40.0 Å². The fourth-order valence-electron chi connectivity index (χ4n) is 2.48. The van der Waals surface area contributed by atoms with Crippen molar-refractivity contribution >= 4 is 0 Å². The van der Waals surface area contributed by atoms with E-state index in [-0.39, 0.29) is 0 Å². The molecule has 0 spiro atoms. The molecule has 4 atom stereocenters. The third-order valence-corrected chi connectivity index (χ3v) is 3.66. The van der Waals surface area contributed by atoms with Crippen LogP contribution in [0.5, 0.6) is 0 Å². The summed E-state index contributed by atoms with van der Waals surface area (Å²) in [5, 5.41) is 8.86. The van der Waals surface area contributed by atoms with Crippen molar-refractivity contribution in [3.05, 3.63) is 0 Å². The topological polar surface area (TPSA) is 23.8 Å². The standard InChI is InChI=1S/C11H19N/c1-4-8(2)11-6-5-10(7-12)9(11)3/h8-11H,4-6H2,1-3H3. The van der Waals surface area contributed by atoms with Crippen LogP contribution in [0.2, 0.25) is 0 Å². The van der Waals surface area contributed by atoms with E-state index in [4.69, 9.17) is 5.26 Å². The van der Waals surface area contributed by atoms with Gasteiger partial charge < -0.3 is 0 Å². The summed E-state index contributed by atoms with van der Waals surface area (Å²) in [5.41, 5.74) is 0. The van der Waals surface area contributed by atoms with E-state index >= 15 is 0 Å². The van der Waals surface area contributed by atoms with E-state index in [9.17, 15) is 0 Å².